The molecule has 0 atom stereocenters. The Labute approximate surface area is 134 Å². The van der Waals surface area contributed by atoms with E-state index < -0.39 is 0 Å². The molecule has 0 heterocycles. The van der Waals surface area contributed by atoms with Crippen LogP contribution < -0.4 is 16.6 Å². The van der Waals surface area contributed by atoms with Crippen LogP contribution in [0.4, 0.5) is 11.4 Å². The van der Waals surface area contributed by atoms with Crippen molar-refractivity contribution in [1.82, 2.24) is 0 Å². The van der Waals surface area contributed by atoms with Crippen LogP contribution in [0.1, 0.15) is 15.9 Å². The molecule has 0 aliphatic carbocycles. The second-order valence-corrected chi connectivity index (χ2v) is 5.99. The number of anilines is 2. The Kier molecular flexibility index (Phi) is 4.80. The topological polar surface area (TPSA) is 67.2 Å². The number of hydrazine groups is 1. The fraction of sp³-hybridized carbons (Fsp3) is 0.0714. The smallest absolute Gasteiger partial charge is 0.255 e. The molecule has 6 heteroatoms. The lowest BCUT2D eigenvalue weighted by atomic mass is 10.2. The number of halogens is 2. The summed E-state index contributed by atoms with van der Waals surface area (Å²) in [5.41, 5.74) is 5.64. The minimum atomic E-state index is -0.182. The highest BCUT2D eigenvalue weighted by Crippen LogP contribution is 2.32. The van der Waals surface area contributed by atoms with Crippen LogP contribution in [-0.4, -0.2) is 5.91 Å². The minimum Gasteiger partial charge on any atom is -0.324 e. The maximum absolute atomic E-state index is 12.2. The molecule has 4 N–H and O–H groups in total. The number of aryl methyl sites for hydroxylation is 1. The van der Waals surface area contributed by atoms with Crippen molar-refractivity contribution in [2.45, 2.75) is 6.92 Å². The fourth-order valence-corrected chi connectivity index (χ4v) is 3.34. The molecule has 20 heavy (non-hydrogen) atoms. The van der Waals surface area contributed by atoms with Crippen LogP contribution in [0.2, 0.25) is 0 Å². The number of benzene rings is 2. The molecule has 0 fully saturated rings. The molecule has 1 amide bonds. The number of amides is 1. The average molecular weight is 399 g/mol. The van der Waals surface area contributed by atoms with Crippen molar-refractivity contribution in [2.24, 2.45) is 5.84 Å². The molecular formula is C14H13Br2N3O. The van der Waals surface area contributed by atoms with E-state index in [1.165, 1.54) is 0 Å². The van der Waals surface area contributed by atoms with Gasteiger partial charge >= 0.3 is 0 Å². The third kappa shape index (κ3) is 3.39. The summed E-state index contributed by atoms with van der Waals surface area (Å²) in [6.07, 6.45) is 0. The molecule has 0 spiro atoms. The highest BCUT2D eigenvalue weighted by molar-refractivity contribution is 9.11. The molecule has 0 saturated heterocycles. The predicted octanol–water partition coefficient (Wildman–Crippen LogP) is 4.06. The summed E-state index contributed by atoms with van der Waals surface area (Å²) in [6.45, 7) is 1.99. The summed E-state index contributed by atoms with van der Waals surface area (Å²) in [4.78, 5) is 12.2. The molecule has 2 aromatic rings. The number of nitrogens with two attached hydrogens (primary N) is 1. The summed E-state index contributed by atoms with van der Waals surface area (Å²) in [7, 11) is 0. The van der Waals surface area contributed by atoms with Gasteiger partial charge in [-0.1, -0.05) is 0 Å². The minimum absolute atomic E-state index is 0.182. The van der Waals surface area contributed by atoms with Gasteiger partial charge in [0.15, 0.2) is 0 Å². The first kappa shape index (κ1) is 15.0. The Balaban J connectivity index is 2.23. The SMILES string of the molecule is Cc1cc(Br)c(NC(=O)c2ccc(NN)cc2)c(Br)c1. The Hall–Kier alpha value is -1.37. The van der Waals surface area contributed by atoms with Crippen LogP contribution in [0, 0.1) is 6.92 Å². The quantitative estimate of drug-likeness (QED) is 0.539. The fourth-order valence-electron chi connectivity index (χ4n) is 1.72. The van der Waals surface area contributed by atoms with Gasteiger partial charge in [0.25, 0.3) is 5.91 Å². The van der Waals surface area contributed by atoms with Crippen molar-refractivity contribution in [3.8, 4) is 0 Å². The van der Waals surface area contributed by atoms with Crippen LogP contribution in [0.25, 0.3) is 0 Å². The van der Waals surface area contributed by atoms with E-state index >= 15 is 0 Å². The van der Waals surface area contributed by atoms with Crippen molar-refractivity contribution in [3.05, 3.63) is 56.5 Å². The molecule has 104 valence electrons. The Morgan fingerprint density at radius 2 is 1.65 bits per heavy atom. The summed E-state index contributed by atoms with van der Waals surface area (Å²) in [5, 5.41) is 2.88. The van der Waals surface area contributed by atoms with Gasteiger partial charge in [-0.25, -0.2) is 0 Å². The Bertz CT molecular complexity index is 618. The molecule has 0 aliphatic heterocycles. The Morgan fingerprint density at radius 3 is 2.15 bits per heavy atom. The van der Waals surface area contributed by atoms with Gasteiger partial charge in [0.2, 0.25) is 0 Å². The summed E-state index contributed by atoms with van der Waals surface area (Å²) >= 11 is 6.90. The van der Waals surface area contributed by atoms with Gasteiger partial charge < -0.3 is 10.7 Å². The number of carbonyl (C=O) groups excluding carboxylic acids is 1. The van der Waals surface area contributed by atoms with Crippen molar-refractivity contribution in [3.63, 3.8) is 0 Å². The van der Waals surface area contributed by atoms with Gasteiger partial charge in [0.05, 0.1) is 5.69 Å². The van der Waals surface area contributed by atoms with E-state index in [0.717, 1.165) is 20.2 Å². The van der Waals surface area contributed by atoms with Gasteiger partial charge in [0.1, 0.15) is 0 Å². The van der Waals surface area contributed by atoms with Crippen LogP contribution in [0.3, 0.4) is 0 Å². The zero-order valence-electron chi connectivity index (χ0n) is 10.7. The maximum Gasteiger partial charge on any atom is 0.255 e. The molecule has 2 rings (SSSR count). The number of nitrogen functional groups attached to an aromatic ring is 1. The third-order valence-corrected chi connectivity index (χ3v) is 3.99. The van der Waals surface area contributed by atoms with Gasteiger partial charge in [-0.05, 0) is 80.7 Å². The Morgan fingerprint density at radius 1 is 1.10 bits per heavy atom. The first-order valence-corrected chi connectivity index (χ1v) is 7.43. The second-order valence-electron chi connectivity index (χ2n) is 4.28. The molecule has 0 aromatic heterocycles. The highest BCUT2D eigenvalue weighted by atomic mass is 79.9. The molecule has 0 radical (unpaired) electrons. The molecular weight excluding hydrogens is 386 g/mol. The number of carbonyl (C=O) groups is 1. The van der Waals surface area contributed by atoms with E-state index in [2.05, 4.69) is 42.6 Å². The number of hydrogen-bond acceptors (Lipinski definition) is 3. The zero-order chi connectivity index (χ0) is 14.7. The molecule has 2 aromatic carbocycles. The van der Waals surface area contributed by atoms with Crippen LogP contribution in [0.15, 0.2) is 45.3 Å². The largest absolute Gasteiger partial charge is 0.324 e. The lowest BCUT2D eigenvalue weighted by Gasteiger charge is -2.11. The van der Waals surface area contributed by atoms with Gasteiger partial charge in [0, 0.05) is 20.2 Å². The van der Waals surface area contributed by atoms with Crippen LogP contribution >= 0.6 is 31.9 Å². The van der Waals surface area contributed by atoms with E-state index in [9.17, 15) is 4.79 Å². The van der Waals surface area contributed by atoms with E-state index in [-0.39, 0.29) is 5.91 Å². The first-order valence-electron chi connectivity index (χ1n) is 5.85. The summed E-state index contributed by atoms with van der Waals surface area (Å²) in [6, 6.07) is 10.8. The van der Waals surface area contributed by atoms with Gasteiger partial charge in [-0.3, -0.25) is 10.6 Å². The van der Waals surface area contributed by atoms with Crippen molar-refractivity contribution < 1.29 is 4.79 Å². The van der Waals surface area contributed by atoms with Gasteiger partial charge in [-0.15, -0.1) is 0 Å². The van der Waals surface area contributed by atoms with Crippen LogP contribution in [0.5, 0.6) is 0 Å². The summed E-state index contributed by atoms with van der Waals surface area (Å²) < 4.78 is 1.66. The summed E-state index contributed by atoms with van der Waals surface area (Å²) in [5.74, 6) is 5.11. The maximum atomic E-state index is 12.2. The molecule has 0 unspecified atom stereocenters. The standard InChI is InChI=1S/C14H13Br2N3O/c1-8-6-11(15)13(12(16)7-8)18-14(20)9-2-4-10(19-17)5-3-9/h2-7,19H,17H2,1H3,(H,18,20). The highest BCUT2D eigenvalue weighted by Gasteiger charge is 2.11. The number of nitrogens with one attached hydrogen (secondary N) is 2. The predicted molar refractivity (Wildman–Crippen MR) is 88.8 cm³/mol. The van der Waals surface area contributed by atoms with E-state index in [4.69, 9.17) is 5.84 Å². The van der Waals surface area contributed by atoms with Crippen molar-refractivity contribution >= 4 is 49.1 Å². The van der Waals surface area contributed by atoms with Gasteiger partial charge in [-0.2, -0.15) is 0 Å². The normalized spacial score (nSPS) is 10.2. The third-order valence-electron chi connectivity index (χ3n) is 2.74. The van der Waals surface area contributed by atoms with Crippen molar-refractivity contribution in [1.29, 1.82) is 0 Å². The van der Waals surface area contributed by atoms with E-state index in [1.54, 1.807) is 24.3 Å². The molecule has 0 bridgehead atoms. The first-order chi connectivity index (χ1) is 9.51. The van der Waals surface area contributed by atoms with E-state index in [0.29, 0.717) is 11.3 Å². The monoisotopic (exact) mass is 397 g/mol. The lowest BCUT2D eigenvalue weighted by molar-refractivity contribution is 0.102. The molecule has 4 nitrogen and oxygen atoms in total. The number of rotatable bonds is 3. The number of hydrogen-bond donors (Lipinski definition) is 3. The second kappa shape index (κ2) is 6.39. The van der Waals surface area contributed by atoms with Crippen molar-refractivity contribution in [2.75, 3.05) is 10.7 Å². The molecule has 0 saturated carbocycles. The molecule has 0 aliphatic rings. The lowest BCUT2D eigenvalue weighted by Crippen LogP contribution is -2.13. The zero-order valence-corrected chi connectivity index (χ0v) is 13.9. The average Bonchev–Trinajstić information content (AvgIpc) is 2.42. The van der Waals surface area contributed by atoms with Crippen LogP contribution in [-0.2, 0) is 0 Å². The van der Waals surface area contributed by atoms with E-state index in [1.807, 2.05) is 19.1 Å².